The van der Waals surface area contributed by atoms with E-state index in [0.29, 0.717) is 31.5 Å². The molecule has 11 heteroatoms. The van der Waals surface area contributed by atoms with Gasteiger partial charge in [-0.1, -0.05) is 31.2 Å². The Hall–Kier alpha value is -2.99. The zero-order valence-electron chi connectivity index (χ0n) is 23.4. The van der Waals surface area contributed by atoms with Crippen molar-refractivity contribution < 1.29 is 26.4 Å². The highest BCUT2D eigenvalue weighted by atomic mass is 32.2. The summed E-state index contributed by atoms with van der Waals surface area (Å²) in [5, 5.41) is 5.94. The second kappa shape index (κ2) is 12.9. The van der Waals surface area contributed by atoms with Gasteiger partial charge in [0.15, 0.2) is 0 Å². The normalized spacial score (nSPS) is 23.1. The Morgan fingerprint density at radius 1 is 1.15 bits per heavy atom. The quantitative estimate of drug-likeness (QED) is 0.406. The number of nitrogens with one attached hydrogen (secondary N) is 2. The number of hydrogen-bond donors (Lipinski definition) is 3. The third kappa shape index (κ3) is 7.45. The van der Waals surface area contributed by atoms with E-state index in [-0.39, 0.29) is 41.2 Å². The van der Waals surface area contributed by atoms with Crippen LogP contribution in [0.3, 0.4) is 0 Å². The number of carbonyl (C=O) groups excluding carboxylic acids is 1. The summed E-state index contributed by atoms with van der Waals surface area (Å²) in [6, 6.07) is 5.47. The number of allylic oxidation sites excluding steroid dienone is 3. The van der Waals surface area contributed by atoms with Gasteiger partial charge in [0.1, 0.15) is 17.5 Å². The SMILES string of the molecule is CC1C=CC([C@@H](c2cc(F)cc(F)c2)[C@H](N)C(=O)Nc2cccc(F)c2CC[C@H]2CNC[C@H](C)N2S(C)(=O)=O)=CC1. The molecule has 222 valence electrons. The van der Waals surface area contributed by atoms with Crippen molar-refractivity contribution in [1.82, 2.24) is 9.62 Å². The van der Waals surface area contributed by atoms with E-state index in [9.17, 15) is 22.0 Å². The van der Waals surface area contributed by atoms with Gasteiger partial charge in [0, 0.05) is 48.4 Å². The molecule has 1 amide bonds. The summed E-state index contributed by atoms with van der Waals surface area (Å²) in [7, 11) is -3.49. The van der Waals surface area contributed by atoms with Crippen LogP contribution in [-0.2, 0) is 21.2 Å². The molecule has 1 unspecified atom stereocenters. The lowest BCUT2D eigenvalue weighted by molar-refractivity contribution is -0.117. The van der Waals surface area contributed by atoms with Crippen LogP contribution >= 0.6 is 0 Å². The predicted molar refractivity (Wildman–Crippen MR) is 154 cm³/mol. The Morgan fingerprint density at radius 2 is 1.85 bits per heavy atom. The zero-order chi connectivity index (χ0) is 29.9. The number of halogens is 3. The number of anilines is 1. The molecule has 2 aromatic rings. The van der Waals surface area contributed by atoms with Crippen LogP contribution in [0.2, 0.25) is 0 Å². The molecule has 2 aliphatic rings. The smallest absolute Gasteiger partial charge is 0.242 e. The highest BCUT2D eigenvalue weighted by Crippen LogP contribution is 2.34. The summed E-state index contributed by atoms with van der Waals surface area (Å²) in [5.74, 6) is -3.34. The molecule has 1 aliphatic carbocycles. The fraction of sp³-hybridized carbons (Fsp3) is 0.433. The molecule has 1 fully saturated rings. The molecule has 4 N–H and O–H groups in total. The van der Waals surface area contributed by atoms with Crippen LogP contribution in [-0.4, -0.2) is 56.1 Å². The average molecular weight is 591 g/mol. The molecule has 5 atom stereocenters. The summed E-state index contributed by atoms with van der Waals surface area (Å²) < 4.78 is 69.8. The van der Waals surface area contributed by atoms with E-state index in [0.717, 1.165) is 24.5 Å². The first-order chi connectivity index (χ1) is 19.3. The maximum Gasteiger partial charge on any atom is 0.242 e. The first-order valence-electron chi connectivity index (χ1n) is 13.7. The van der Waals surface area contributed by atoms with Crippen LogP contribution in [0.15, 0.2) is 60.2 Å². The number of nitrogens with two attached hydrogens (primary N) is 1. The molecule has 1 aliphatic heterocycles. The molecule has 2 aromatic carbocycles. The Labute approximate surface area is 239 Å². The lowest BCUT2D eigenvalue weighted by Crippen LogP contribution is -2.58. The van der Waals surface area contributed by atoms with Crippen LogP contribution < -0.4 is 16.4 Å². The topological polar surface area (TPSA) is 105 Å². The molecule has 1 saturated heterocycles. The van der Waals surface area contributed by atoms with E-state index in [1.54, 1.807) is 6.07 Å². The van der Waals surface area contributed by atoms with Crippen molar-refractivity contribution in [2.75, 3.05) is 24.7 Å². The Bertz CT molecular complexity index is 1430. The van der Waals surface area contributed by atoms with E-state index < -0.39 is 45.3 Å². The molecule has 0 saturated carbocycles. The summed E-state index contributed by atoms with van der Waals surface area (Å²) in [5.41, 5.74) is 7.77. The molecule has 0 bridgehead atoms. The number of rotatable bonds is 9. The van der Waals surface area contributed by atoms with Crippen molar-refractivity contribution in [2.24, 2.45) is 11.7 Å². The molecular weight excluding hydrogens is 553 g/mol. The third-order valence-corrected chi connectivity index (χ3v) is 9.13. The van der Waals surface area contributed by atoms with Crippen LogP contribution in [0.4, 0.5) is 18.9 Å². The number of sulfonamides is 1. The number of nitrogens with zero attached hydrogens (tertiary/aromatic N) is 1. The third-order valence-electron chi connectivity index (χ3n) is 7.71. The van der Waals surface area contributed by atoms with Crippen molar-refractivity contribution >= 4 is 21.6 Å². The standard InChI is InChI=1S/C30H37F3N4O3S/c1-18-7-9-20(10-8-18)28(21-13-22(31)15-23(32)14-21)29(34)30(38)36-27-6-4-5-26(33)25(27)12-11-24-17-35-16-19(2)37(24)41(3,39)40/h4-7,9-10,13-15,18-19,24,28-29,35H,8,11-12,16-17,34H2,1-3H3,(H,36,38)/t18?,19-,24-,28-,29-/m0/s1. The fourth-order valence-electron chi connectivity index (χ4n) is 5.77. The summed E-state index contributed by atoms with van der Waals surface area (Å²) in [6.07, 6.45) is 8.00. The second-order valence-electron chi connectivity index (χ2n) is 11.0. The number of hydrogen-bond acceptors (Lipinski definition) is 5. The van der Waals surface area contributed by atoms with E-state index in [2.05, 4.69) is 10.6 Å². The van der Waals surface area contributed by atoms with Crippen molar-refractivity contribution in [1.29, 1.82) is 0 Å². The van der Waals surface area contributed by atoms with Gasteiger partial charge in [-0.25, -0.2) is 21.6 Å². The van der Waals surface area contributed by atoms with Crippen molar-refractivity contribution in [3.05, 3.63) is 88.8 Å². The summed E-state index contributed by atoms with van der Waals surface area (Å²) in [4.78, 5) is 13.5. The van der Waals surface area contributed by atoms with Crippen molar-refractivity contribution in [3.8, 4) is 0 Å². The van der Waals surface area contributed by atoms with Gasteiger partial charge >= 0.3 is 0 Å². The van der Waals surface area contributed by atoms with Crippen LogP contribution in [0.5, 0.6) is 0 Å². The molecule has 41 heavy (non-hydrogen) atoms. The summed E-state index contributed by atoms with van der Waals surface area (Å²) >= 11 is 0. The van der Waals surface area contributed by atoms with Gasteiger partial charge in [-0.05, 0) is 67.5 Å². The van der Waals surface area contributed by atoms with Crippen molar-refractivity contribution in [3.63, 3.8) is 0 Å². The molecule has 1 heterocycles. The zero-order valence-corrected chi connectivity index (χ0v) is 24.2. The molecule has 7 nitrogen and oxygen atoms in total. The maximum atomic E-state index is 15.1. The minimum absolute atomic E-state index is 0.160. The lowest BCUT2D eigenvalue weighted by atomic mass is 9.81. The second-order valence-corrected chi connectivity index (χ2v) is 12.9. The number of benzene rings is 2. The van der Waals surface area contributed by atoms with Gasteiger partial charge in [-0.3, -0.25) is 4.79 Å². The minimum Gasteiger partial charge on any atom is -0.324 e. The number of amides is 1. The van der Waals surface area contributed by atoms with Crippen LogP contribution in [0.25, 0.3) is 0 Å². The average Bonchev–Trinajstić information content (AvgIpc) is 2.88. The fourth-order valence-corrected chi connectivity index (χ4v) is 7.22. The molecule has 4 rings (SSSR count). The molecule has 0 aromatic heterocycles. The predicted octanol–water partition coefficient (Wildman–Crippen LogP) is 4.23. The van der Waals surface area contributed by atoms with Gasteiger partial charge in [-0.2, -0.15) is 4.31 Å². The number of piperazine rings is 1. The van der Waals surface area contributed by atoms with E-state index >= 15 is 4.39 Å². The van der Waals surface area contributed by atoms with Crippen LogP contribution in [0, 0.1) is 23.4 Å². The molecule has 0 spiro atoms. The van der Waals surface area contributed by atoms with Crippen LogP contribution in [0.1, 0.15) is 43.7 Å². The first-order valence-corrected chi connectivity index (χ1v) is 15.6. The molecular formula is C30H37F3N4O3S. The Kier molecular flexibility index (Phi) is 9.73. The monoisotopic (exact) mass is 590 g/mol. The maximum absolute atomic E-state index is 15.1. The lowest BCUT2D eigenvalue weighted by Gasteiger charge is -2.39. The van der Waals surface area contributed by atoms with Gasteiger partial charge in [0.25, 0.3) is 0 Å². The number of carbonyl (C=O) groups is 1. The minimum atomic E-state index is -3.49. The largest absolute Gasteiger partial charge is 0.324 e. The molecule has 0 radical (unpaired) electrons. The van der Waals surface area contributed by atoms with E-state index in [1.807, 2.05) is 32.1 Å². The van der Waals surface area contributed by atoms with Gasteiger partial charge in [0.05, 0.1) is 12.3 Å². The highest BCUT2D eigenvalue weighted by molar-refractivity contribution is 7.88. The van der Waals surface area contributed by atoms with Crippen molar-refractivity contribution in [2.45, 2.75) is 57.2 Å². The highest BCUT2D eigenvalue weighted by Gasteiger charge is 2.35. The van der Waals surface area contributed by atoms with Gasteiger partial charge in [-0.15, -0.1) is 0 Å². The Morgan fingerprint density at radius 3 is 2.49 bits per heavy atom. The van der Waals surface area contributed by atoms with E-state index in [1.165, 1.54) is 16.4 Å². The van der Waals surface area contributed by atoms with Gasteiger partial charge in [0.2, 0.25) is 15.9 Å². The van der Waals surface area contributed by atoms with Gasteiger partial charge < -0.3 is 16.4 Å². The Balaban J connectivity index is 1.58. The van der Waals surface area contributed by atoms with E-state index in [4.69, 9.17) is 5.73 Å². The first kappa shape index (κ1) is 31.0. The summed E-state index contributed by atoms with van der Waals surface area (Å²) in [6.45, 7) is 4.78.